The molecule has 25 heavy (non-hydrogen) atoms. The Bertz CT molecular complexity index is 750. The van der Waals surface area contributed by atoms with Crippen LogP contribution in [0.25, 0.3) is 0 Å². The molecule has 1 aromatic carbocycles. The number of ether oxygens (including phenoxy) is 3. The van der Waals surface area contributed by atoms with Crippen LogP contribution in [0, 0.1) is 11.6 Å². The summed E-state index contributed by atoms with van der Waals surface area (Å²) in [5, 5.41) is 2.31. The standard InChI is InChI=1S/C16H15F2NO6/c1-16(2)24-14(21)9(15(22)25-16)7-19-10-5-4-8(6-11(20)23-3)12(17)13(10)18/h4-5,7,19H,6H2,1-3H3. The summed E-state index contributed by atoms with van der Waals surface area (Å²) in [6, 6.07) is 2.33. The molecule has 0 aliphatic carbocycles. The molecule has 0 atom stereocenters. The molecule has 0 saturated carbocycles. The minimum Gasteiger partial charge on any atom is -0.469 e. The highest BCUT2D eigenvalue weighted by Crippen LogP contribution is 2.24. The highest BCUT2D eigenvalue weighted by atomic mass is 19.2. The number of rotatable bonds is 4. The molecule has 0 bridgehead atoms. The Morgan fingerprint density at radius 2 is 1.80 bits per heavy atom. The maximum absolute atomic E-state index is 14.0. The number of benzene rings is 1. The molecule has 0 unspecified atom stereocenters. The maximum Gasteiger partial charge on any atom is 0.350 e. The van der Waals surface area contributed by atoms with Gasteiger partial charge in [-0.25, -0.2) is 18.4 Å². The van der Waals surface area contributed by atoms with Gasteiger partial charge in [0, 0.05) is 25.6 Å². The van der Waals surface area contributed by atoms with Crippen molar-refractivity contribution in [2.24, 2.45) is 0 Å². The molecule has 7 nitrogen and oxygen atoms in total. The summed E-state index contributed by atoms with van der Waals surface area (Å²) in [6.45, 7) is 2.75. The van der Waals surface area contributed by atoms with Crippen LogP contribution in [0.2, 0.25) is 0 Å². The van der Waals surface area contributed by atoms with Crippen molar-refractivity contribution < 1.29 is 37.4 Å². The van der Waals surface area contributed by atoms with Crippen molar-refractivity contribution in [3.63, 3.8) is 0 Å². The largest absolute Gasteiger partial charge is 0.469 e. The van der Waals surface area contributed by atoms with Gasteiger partial charge in [0.25, 0.3) is 5.79 Å². The fourth-order valence-electron chi connectivity index (χ4n) is 1.99. The third-order valence-corrected chi connectivity index (χ3v) is 3.21. The molecular formula is C16H15F2NO6. The lowest BCUT2D eigenvalue weighted by Gasteiger charge is -2.29. The summed E-state index contributed by atoms with van der Waals surface area (Å²) in [5.74, 6) is -6.58. The molecule has 1 aromatic rings. The van der Waals surface area contributed by atoms with Gasteiger partial charge in [-0.05, 0) is 6.07 Å². The average molecular weight is 355 g/mol. The van der Waals surface area contributed by atoms with Gasteiger partial charge in [-0.3, -0.25) is 4.79 Å². The van der Waals surface area contributed by atoms with Gasteiger partial charge < -0.3 is 19.5 Å². The van der Waals surface area contributed by atoms with Crippen LogP contribution in [0.1, 0.15) is 19.4 Å². The van der Waals surface area contributed by atoms with Crippen LogP contribution in [0.15, 0.2) is 23.9 Å². The van der Waals surface area contributed by atoms with Gasteiger partial charge in [0.2, 0.25) is 0 Å². The Hall–Kier alpha value is -2.97. The van der Waals surface area contributed by atoms with E-state index in [1.54, 1.807) is 0 Å². The van der Waals surface area contributed by atoms with Crippen LogP contribution in [0.3, 0.4) is 0 Å². The van der Waals surface area contributed by atoms with E-state index in [-0.39, 0.29) is 11.3 Å². The Balaban J connectivity index is 2.21. The highest BCUT2D eigenvalue weighted by molar-refractivity contribution is 6.15. The number of methoxy groups -OCH3 is 1. The first-order chi connectivity index (χ1) is 11.6. The lowest BCUT2D eigenvalue weighted by Crippen LogP contribution is -2.42. The molecule has 1 saturated heterocycles. The van der Waals surface area contributed by atoms with E-state index in [9.17, 15) is 23.2 Å². The summed E-state index contributed by atoms with van der Waals surface area (Å²) >= 11 is 0. The van der Waals surface area contributed by atoms with E-state index < -0.39 is 47.3 Å². The van der Waals surface area contributed by atoms with Crippen molar-refractivity contribution in [2.75, 3.05) is 12.4 Å². The zero-order chi connectivity index (χ0) is 18.8. The van der Waals surface area contributed by atoms with Gasteiger partial charge in [0.05, 0.1) is 19.2 Å². The van der Waals surface area contributed by atoms with Crippen molar-refractivity contribution in [1.29, 1.82) is 0 Å². The number of anilines is 1. The molecule has 9 heteroatoms. The molecular weight excluding hydrogens is 340 g/mol. The van der Waals surface area contributed by atoms with E-state index in [1.165, 1.54) is 19.9 Å². The second-order valence-electron chi connectivity index (χ2n) is 5.53. The first kappa shape index (κ1) is 18.4. The second kappa shape index (κ2) is 6.88. The first-order valence-electron chi connectivity index (χ1n) is 7.11. The van der Waals surface area contributed by atoms with Crippen LogP contribution in [-0.4, -0.2) is 30.8 Å². The molecule has 1 fully saturated rings. The SMILES string of the molecule is COC(=O)Cc1ccc(NC=C2C(=O)OC(C)(C)OC2=O)c(F)c1F. The number of halogens is 2. The third-order valence-electron chi connectivity index (χ3n) is 3.21. The Morgan fingerprint density at radius 3 is 2.36 bits per heavy atom. The van der Waals surface area contributed by atoms with Crippen molar-refractivity contribution in [1.82, 2.24) is 0 Å². The predicted octanol–water partition coefficient (Wildman–Crippen LogP) is 1.81. The van der Waals surface area contributed by atoms with Crippen molar-refractivity contribution in [3.8, 4) is 0 Å². The maximum atomic E-state index is 14.0. The van der Waals surface area contributed by atoms with Crippen LogP contribution in [0.4, 0.5) is 14.5 Å². The minimum atomic E-state index is -1.40. The van der Waals surface area contributed by atoms with Gasteiger partial charge in [-0.1, -0.05) is 6.07 Å². The molecule has 2 rings (SSSR count). The zero-order valence-corrected chi connectivity index (χ0v) is 13.6. The fraction of sp³-hybridized carbons (Fsp3) is 0.312. The van der Waals surface area contributed by atoms with Gasteiger partial charge in [-0.2, -0.15) is 0 Å². The van der Waals surface area contributed by atoms with Crippen LogP contribution in [-0.2, 0) is 35.0 Å². The number of carbonyl (C=O) groups excluding carboxylic acids is 3. The number of hydrogen-bond donors (Lipinski definition) is 1. The van der Waals surface area contributed by atoms with Gasteiger partial charge in [0.1, 0.15) is 0 Å². The average Bonchev–Trinajstić information content (AvgIpc) is 2.51. The molecule has 0 amide bonds. The monoisotopic (exact) mass is 355 g/mol. The van der Waals surface area contributed by atoms with E-state index in [0.717, 1.165) is 19.4 Å². The fourth-order valence-corrected chi connectivity index (χ4v) is 1.99. The van der Waals surface area contributed by atoms with E-state index in [0.29, 0.717) is 0 Å². The lowest BCUT2D eigenvalue weighted by molar-refractivity contribution is -0.222. The number of cyclic esters (lactones) is 2. The van der Waals surface area contributed by atoms with Crippen molar-refractivity contribution in [2.45, 2.75) is 26.1 Å². The van der Waals surface area contributed by atoms with Crippen molar-refractivity contribution in [3.05, 3.63) is 41.1 Å². The quantitative estimate of drug-likeness (QED) is 0.500. The Morgan fingerprint density at radius 1 is 1.20 bits per heavy atom. The number of hydrogen-bond acceptors (Lipinski definition) is 7. The number of esters is 3. The lowest BCUT2D eigenvalue weighted by atomic mass is 10.1. The Labute approximate surface area is 141 Å². The highest BCUT2D eigenvalue weighted by Gasteiger charge is 2.39. The van der Waals surface area contributed by atoms with Crippen LogP contribution >= 0.6 is 0 Å². The molecule has 1 heterocycles. The molecule has 0 spiro atoms. The molecule has 1 aliphatic heterocycles. The van der Waals surface area contributed by atoms with E-state index in [1.807, 2.05) is 0 Å². The zero-order valence-electron chi connectivity index (χ0n) is 13.6. The number of nitrogens with one attached hydrogen (secondary N) is 1. The van der Waals surface area contributed by atoms with E-state index >= 15 is 0 Å². The molecule has 1 aliphatic rings. The third kappa shape index (κ3) is 4.11. The molecule has 1 N–H and O–H groups in total. The van der Waals surface area contributed by atoms with Crippen molar-refractivity contribution >= 4 is 23.6 Å². The smallest absolute Gasteiger partial charge is 0.350 e. The second-order valence-corrected chi connectivity index (χ2v) is 5.53. The van der Waals surface area contributed by atoms with Crippen LogP contribution in [0.5, 0.6) is 0 Å². The predicted molar refractivity (Wildman–Crippen MR) is 80.0 cm³/mol. The minimum absolute atomic E-state index is 0.194. The summed E-state index contributed by atoms with van der Waals surface area (Å²) in [5.41, 5.74) is -1.04. The number of carbonyl (C=O) groups is 3. The van der Waals surface area contributed by atoms with Gasteiger partial charge >= 0.3 is 17.9 Å². The van der Waals surface area contributed by atoms with E-state index in [4.69, 9.17) is 9.47 Å². The summed E-state index contributed by atoms with van der Waals surface area (Å²) in [7, 11) is 1.13. The summed E-state index contributed by atoms with van der Waals surface area (Å²) < 4.78 is 42.1. The molecule has 134 valence electrons. The normalized spacial score (nSPS) is 16.0. The van der Waals surface area contributed by atoms with E-state index in [2.05, 4.69) is 10.1 Å². The topological polar surface area (TPSA) is 90.9 Å². The van der Waals surface area contributed by atoms with Crippen LogP contribution < -0.4 is 5.32 Å². The summed E-state index contributed by atoms with van der Waals surface area (Å²) in [6.07, 6.45) is 0.423. The van der Waals surface area contributed by atoms with Gasteiger partial charge in [-0.15, -0.1) is 0 Å². The summed E-state index contributed by atoms with van der Waals surface area (Å²) in [4.78, 5) is 34.7. The van der Waals surface area contributed by atoms with Gasteiger partial charge in [0.15, 0.2) is 17.2 Å². The first-order valence-corrected chi connectivity index (χ1v) is 7.11. The Kier molecular flexibility index (Phi) is 5.05. The molecule has 0 aromatic heterocycles. The molecule has 0 radical (unpaired) electrons.